The molecule has 0 saturated heterocycles. The molecule has 2 aromatic rings. The number of nitrogens with one attached hydrogen (secondary N) is 2. The minimum absolute atomic E-state index is 0.796. The van der Waals surface area contributed by atoms with Crippen molar-refractivity contribution in [1.82, 2.24) is 24.8 Å². The summed E-state index contributed by atoms with van der Waals surface area (Å²) in [5.41, 5.74) is 0. The summed E-state index contributed by atoms with van der Waals surface area (Å²) in [5, 5.41) is 3.32. The van der Waals surface area contributed by atoms with Crippen molar-refractivity contribution in [3.8, 4) is 0 Å². The van der Waals surface area contributed by atoms with Gasteiger partial charge in [-0.3, -0.25) is 0 Å². The van der Waals surface area contributed by atoms with Crippen LogP contribution in [0.15, 0.2) is 24.8 Å². The summed E-state index contributed by atoms with van der Waals surface area (Å²) in [6, 6.07) is 0. The molecule has 0 aromatic carbocycles. The molecule has 5 heteroatoms. The first-order valence-electron chi connectivity index (χ1n) is 5.01. The smallest absolute Gasteiger partial charge is 0.122 e. The highest BCUT2D eigenvalue weighted by Crippen LogP contribution is 1.93. The number of aromatic nitrogens is 4. The maximum atomic E-state index is 4.23. The Bertz CT molecular complexity index is 390. The van der Waals surface area contributed by atoms with Crippen LogP contribution < -0.4 is 5.32 Å². The van der Waals surface area contributed by atoms with Gasteiger partial charge >= 0.3 is 0 Å². The maximum Gasteiger partial charge on any atom is 0.122 e. The predicted octanol–water partition coefficient (Wildman–Crippen LogP) is 0.475. The average molecular weight is 205 g/mol. The first kappa shape index (κ1) is 9.92. The van der Waals surface area contributed by atoms with Crippen molar-refractivity contribution >= 4 is 0 Å². The third-order valence-electron chi connectivity index (χ3n) is 2.30. The molecule has 0 atom stereocenters. The second-order valence-electron chi connectivity index (χ2n) is 3.42. The zero-order chi connectivity index (χ0) is 10.5. The molecule has 0 radical (unpaired) electrons. The molecule has 2 heterocycles. The van der Waals surface area contributed by atoms with Gasteiger partial charge in [0, 0.05) is 44.8 Å². The minimum atomic E-state index is 0.796. The third kappa shape index (κ3) is 2.66. The Morgan fingerprint density at radius 3 is 3.00 bits per heavy atom. The fraction of sp³-hybridized carbons (Fsp3) is 0.400. The molecule has 0 amide bonds. The summed E-state index contributed by atoms with van der Waals surface area (Å²) >= 11 is 0. The zero-order valence-corrected chi connectivity index (χ0v) is 8.77. The van der Waals surface area contributed by atoms with Crippen molar-refractivity contribution < 1.29 is 0 Å². The van der Waals surface area contributed by atoms with E-state index in [0.717, 1.165) is 31.2 Å². The second kappa shape index (κ2) is 4.75. The molecular formula is C10H15N5. The van der Waals surface area contributed by atoms with E-state index in [1.165, 1.54) is 0 Å². The molecular weight excluding hydrogens is 190 g/mol. The Balaban J connectivity index is 1.70. The molecule has 80 valence electrons. The fourth-order valence-electron chi connectivity index (χ4n) is 1.41. The monoisotopic (exact) mass is 205 g/mol. The lowest BCUT2D eigenvalue weighted by molar-refractivity contribution is 0.630. The first-order valence-corrected chi connectivity index (χ1v) is 5.01. The summed E-state index contributed by atoms with van der Waals surface area (Å²) in [6.07, 6.45) is 8.28. The van der Waals surface area contributed by atoms with Crippen molar-refractivity contribution in [3.05, 3.63) is 36.4 Å². The van der Waals surface area contributed by atoms with E-state index in [0.29, 0.717) is 0 Å². The van der Waals surface area contributed by atoms with Gasteiger partial charge in [0.15, 0.2) is 0 Å². The number of aryl methyl sites for hydroxylation is 1. The van der Waals surface area contributed by atoms with E-state index in [1.54, 1.807) is 6.20 Å². The molecule has 2 aromatic heterocycles. The third-order valence-corrected chi connectivity index (χ3v) is 2.30. The molecule has 5 nitrogen and oxygen atoms in total. The summed E-state index contributed by atoms with van der Waals surface area (Å²) in [6.45, 7) is 1.70. The van der Waals surface area contributed by atoms with Crippen LogP contribution in [-0.2, 0) is 20.0 Å². The van der Waals surface area contributed by atoms with Crippen LogP contribution >= 0.6 is 0 Å². The van der Waals surface area contributed by atoms with Crippen molar-refractivity contribution in [2.45, 2.75) is 13.0 Å². The highest BCUT2D eigenvalue weighted by atomic mass is 15.1. The standard InChI is InChI=1S/C10H15N5/c1-15-7-6-14-10(15)8-11-3-2-9-12-4-5-13-9/h4-7,11H,2-3,8H2,1H3,(H,12,13). The number of aromatic amines is 1. The molecule has 2 N–H and O–H groups in total. The first-order chi connectivity index (χ1) is 7.36. The quantitative estimate of drug-likeness (QED) is 0.698. The molecule has 0 aliphatic heterocycles. The van der Waals surface area contributed by atoms with Gasteiger partial charge in [0.05, 0.1) is 6.54 Å². The van der Waals surface area contributed by atoms with Gasteiger partial charge < -0.3 is 14.9 Å². The molecule has 0 aliphatic carbocycles. The van der Waals surface area contributed by atoms with E-state index in [9.17, 15) is 0 Å². The zero-order valence-electron chi connectivity index (χ0n) is 8.77. The largest absolute Gasteiger partial charge is 0.349 e. The highest BCUT2D eigenvalue weighted by Gasteiger charge is 1.98. The normalized spacial score (nSPS) is 10.7. The van der Waals surface area contributed by atoms with Crippen LogP contribution in [0.25, 0.3) is 0 Å². The van der Waals surface area contributed by atoms with E-state index < -0.39 is 0 Å². The van der Waals surface area contributed by atoms with E-state index in [2.05, 4.69) is 20.3 Å². The van der Waals surface area contributed by atoms with E-state index in [-0.39, 0.29) is 0 Å². The molecule has 0 unspecified atom stereocenters. The van der Waals surface area contributed by atoms with Crippen LogP contribution in [0.1, 0.15) is 11.6 Å². The van der Waals surface area contributed by atoms with Gasteiger partial charge in [-0.25, -0.2) is 9.97 Å². The molecule has 0 saturated carbocycles. The lowest BCUT2D eigenvalue weighted by Gasteiger charge is -2.03. The van der Waals surface area contributed by atoms with Gasteiger partial charge in [0.25, 0.3) is 0 Å². The SMILES string of the molecule is Cn1ccnc1CNCCc1ncc[nH]1. The predicted molar refractivity (Wildman–Crippen MR) is 57.2 cm³/mol. The Kier molecular flexibility index (Phi) is 3.14. The van der Waals surface area contributed by atoms with Gasteiger partial charge in [-0.05, 0) is 0 Å². The Morgan fingerprint density at radius 2 is 2.33 bits per heavy atom. The summed E-state index contributed by atoms with van der Waals surface area (Å²) in [7, 11) is 2.00. The minimum Gasteiger partial charge on any atom is -0.349 e. The molecule has 15 heavy (non-hydrogen) atoms. The van der Waals surface area contributed by atoms with Crippen molar-refractivity contribution in [3.63, 3.8) is 0 Å². The molecule has 0 fully saturated rings. The molecule has 2 rings (SSSR count). The van der Waals surface area contributed by atoms with Crippen LogP contribution in [0, 0.1) is 0 Å². The van der Waals surface area contributed by atoms with Gasteiger partial charge in [-0.2, -0.15) is 0 Å². The van der Waals surface area contributed by atoms with Crippen LogP contribution in [-0.4, -0.2) is 26.1 Å². The van der Waals surface area contributed by atoms with Crippen LogP contribution in [0.4, 0.5) is 0 Å². The fourth-order valence-corrected chi connectivity index (χ4v) is 1.41. The molecule has 0 aliphatic rings. The van der Waals surface area contributed by atoms with Crippen LogP contribution in [0.5, 0.6) is 0 Å². The summed E-state index contributed by atoms with van der Waals surface area (Å²) in [5.74, 6) is 2.07. The van der Waals surface area contributed by atoms with Crippen molar-refractivity contribution in [1.29, 1.82) is 0 Å². The number of imidazole rings is 2. The number of rotatable bonds is 5. The average Bonchev–Trinajstić information content (AvgIpc) is 2.85. The van der Waals surface area contributed by atoms with Crippen molar-refractivity contribution in [2.75, 3.05) is 6.54 Å². The Labute approximate surface area is 88.6 Å². The topological polar surface area (TPSA) is 58.5 Å². The maximum absolute atomic E-state index is 4.23. The second-order valence-corrected chi connectivity index (χ2v) is 3.42. The molecule has 0 spiro atoms. The number of hydrogen-bond acceptors (Lipinski definition) is 3. The Morgan fingerprint density at radius 1 is 1.40 bits per heavy atom. The van der Waals surface area contributed by atoms with Crippen LogP contribution in [0.2, 0.25) is 0 Å². The van der Waals surface area contributed by atoms with E-state index in [4.69, 9.17) is 0 Å². The van der Waals surface area contributed by atoms with E-state index in [1.807, 2.05) is 30.2 Å². The highest BCUT2D eigenvalue weighted by molar-refractivity contribution is 4.91. The number of H-pyrrole nitrogens is 1. The Hall–Kier alpha value is -1.62. The lowest BCUT2D eigenvalue weighted by atomic mass is 10.4. The van der Waals surface area contributed by atoms with Crippen molar-refractivity contribution in [2.24, 2.45) is 7.05 Å². The number of hydrogen-bond donors (Lipinski definition) is 2. The summed E-state index contributed by atoms with van der Waals surface area (Å²) < 4.78 is 2.01. The summed E-state index contributed by atoms with van der Waals surface area (Å²) in [4.78, 5) is 11.4. The van der Waals surface area contributed by atoms with Gasteiger partial charge in [-0.15, -0.1) is 0 Å². The van der Waals surface area contributed by atoms with Crippen LogP contribution in [0.3, 0.4) is 0 Å². The van der Waals surface area contributed by atoms with Gasteiger partial charge in [0.1, 0.15) is 11.6 Å². The number of nitrogens with zero attached hydrogens (tertiary/aromatic N) is 3. The van der Waals surface area contributed by atoms with Gasteiger partial charge in [-0.1, -0.05) is 0 Å². The lowest BCUT2D eigenvalue weighted by Crippen LogP contribution is -2.19. The molecule has 0 bridgehead atoms. The van der Waals surface area contributed by atoms with Gasteiger partial charge in [0.2, 0.25) is 0 Å². The van der Waals surface area contributed by atoms with E-state index >= 15 is 0 Å².